The van der Waals surface area contributed by atoms with Crippen LogP contribution in [0.4, 0.5) is 10.5 Å². The van der Waals surface area contributed by atoms with Gasteiger partial charge in [-0.25, -0.2) is 9.78 Å². The molecule has 0 saturated carbocycles. The van der Waals surface area contributed by atoms with Crippen molar-refractivity contribution < 1.29 is 9.59 Å². The number of pyridine rings is 1. The van der Waals surface area contributed by atoms with Gasteiger partial charge < -0.3 is 5.32 Å². The zero-order valence-electron chi connectivity index (χ0n) is 14.4. The van der Waals surface area contributed by atoms with Crippen LogP contribution in [0.15, 0.2) is 24.3 Å². The summed E-state index contributed by atoms with van der Waals surface area (Å²) in [4.78, 5) is 28.4. The molecule has 0 spiro atoms. The average Bonchev–Trinajstić information content (AvgIpc) is 2.52. The highest BCUT2D eigenvalue weighted by Gasteiger charge is 2.18. The van der Waals surface area contributed by atoms with E-state index in [2.05, 4.69) is 15.6 Å². The summed E-state index contributed by atoms with van der Waals surface area (Å²) in [6, 6.07) is 6.63. The first-order valence-electron chi connectivity index (χ1n) is 7.75. The van der Waals surface area contributed by atoms with Crippen LogP contribution in [0.25, 0.3) is 0 Å². The fourth-order valence-electron chi connectivity index (χ4n) is 2.39. The molecule has 25 heavy (non-hydrogen) atoms. The minimum absolute atomic E-state index is 0.0559. The summed E-state index contributed by atoms with van der Waals surface area (Å²) in [5.74, 6) is -0.419. The zero-order chi connectivity index (χ0) is 18.7. The molecule has 2 N–H and O–H groups in total. The Hall–Kier alpha value is -2.11. The molecule has 0 aliphatic heterocycles. The summed E-state index contributed by atoms with van der Waals surface area (Å²) in [5.41, 5.74) is 3.28. The van der Waals surface area contributed by atoms with Gasteiger partial charge in [0.15, 0.2) is 0 Å². The fraction of sp³-hybridized carbons (Fsp3) is 0.278. The molecule has 7 heteroatoms. The molecule has 0 unspecified atom stereocenters. The maximum absolute atomic E-state index is 12.3. The van der Waals surface area contributed by atoms with Crippen LogP contribution in [0.5, 0.6) is 0 Å². The monoisotopic (exact) mass is 379 g/mol. The van der Waals surface area contributed by atoms with E-state index < -0.39 is 11.9 Å². The number of carbonyl (C=O) groups excluding carboxylic acids is 2. The van der Waals surface area contributed by atoms with Gasteiger partial charge in [0.25, 0.3) is 5.91 Å². The summed E-state index contributed by atoms with van der Waals surface area (Å²) in [6.45, 7) is 7.66. The number of halogens is 2. The van der Waals surface area contributed by atoms with E-state index in [1.807, 2.05) is 39.0 Å². The molecule has 0 saturated heterocycles. The smallest absolute Gasteiger partial charge is 0.307 e. The molecule has 1 aromatic heterocycles. The van der Waals surface area contributed by atoms with Crippen LogP contribution in [0.2, 0.25) is 10.3 Å². The van der Waals surface area contributed by atoms with Gasteiger partial charge in [-0.05, 0) is 42.5 Å². The van der Waals surface area contributed by atoms with Gasteiger partial charge in [0.1, 0.15) is 10.3 Å². The minimum atomic E-state index is -0.644. The molecule has 132 valence electrons. The Balaban J connectivity index is 2.19. The summed E-state index contributed by atoms with van der Waals surface area (Å²) in [6.07, 6.45) is 0. The first-order valence-corrected chi connectivity index (χ1v) is 8.50. The van der Waals surface area contributed by atoms with Crippen LogP contribution in [-0.2, 0) is 0 Å². The number of carbonyl (C=O) groups is 2. The Morgan fingerprint density at radius 3 is 2.40 bits per heavy atom. The number of anilines is 1. The topological polar surface area (TPSA) is 71.1 Å². The second-order valence-corrected chi connectivity index (χ2v) is 6.75. The standard InChI is InChI=1S/C18H19Cl2N3O2/c1-9(2)12-7-5-6-10(3)14(12)21-18(25)23-17(24)13-8-11(4)15(19)22-16(13)20/h5-9H,1-4H3,(H2,21,23,24,25). The van der Waals surface area contributed by atoms with Crippen LogP contribution in [0.1, 0.15) is 46.8 Å². The molecule has 2 rings (SSSR count). The number of nitrogens with one attached hydrogen (secondary N) is 2. The molecule has 2 aromatic rings. The van der Waals surface area contributed by atoms with E-state index in [1.165, 1.54) is 6.07 Å². The number of hydrogen-bond donors (Lipinski definition) is 2. The van der Waals surface area contributed by atoms with Gasteiger partial charge in [-0.1, -0.05) is 55.2 Å². The molecule has 1 aromatic carbocycles. The van der Waals surface area contributed by atoms with Crippen molar-refractivity contribution in [2.24, 2.45) is 0 Å². The van der Waals surface area contributed by atoms with Crippen LogP contribution in [0, 0.1) is 13.8 Å². The Morgan fingerprint density at radius 2 is 1.76 bits per heavy atom. The Morgan fingerprint density at radius 1 is 1.08 bits per heavy atom. The molecule has 0 aliphatic rings. The van der Waals surface area contributed by atoms with Gasteiger partial charge in [-0.3, -0.25) is 10.1 Å². The molecule has 0 aliphatic carbocycles. The maximum atomic E-state index is 12.3. The van der Waals surface area contributed by atoms with E-state index in [1.54, 1.807) is 6.92 Å². The normalized spacial score (nSPS) is 10.7. The van der Waals surface area contributed by atoms with Gasteiger partial charge in [0.2, 0.25) is 0 Å². The minimum Gasteiger partial charge on any atom is -0.307 e. The second-order valence-electron chi connectivity index (χ2n) is 6.04. The van der Waals surface area contributed by atoms with Crippen molar-refractivity contribution in [3.05, 3.63) is 56.8 Å². The lowest BCUT2D eigenvalue weighted by Crippen LogP contribution is -2.35. The molecule has 0 fully saturated rings. The first-order chi connectivity index (χ1) is 11.7. The Bertz CT molecular complexity index is 835. The van der Waals surface area contributed by atoms with E-state index in [0.29, 0.717) is 11.3 Å². The lowest BCUT2D eigenvalue weighted by molar-refractivity contribution is 0.0967. The van der Waals surface area contributed by atoms with Crippen LogP contribution >= 0.6 is 23.2 Å². The second kappa shape index (κ2) is 7.85. The molecular formula is C18H19Cl2N3O2. The third kappa shape index (κ3) is 4.50. The molecule has 5 nitrogen and oxygen atoms in total. The van der Waals surface area contributed by atoms with Crippen molar-refractivity contribution in [1.29, 1.82) is 0 Å². The third-order valence-electron chi connectivity index (χ3n) is 3.74. The van der Waals surface area contributed by atoms with Crippen molar-refractivity contribution in [3.63, 3.8) is 0 Å². The van der Waals surface area contributed by atoms with Crippen molar-refractivity contribution in [2.45, 2.75) is 33.6 Å². The SMILES string of the molecule is Cc1cc(C(=O)NC(=O)Nc2c(C)cccc2C(C)C)c(Cl)nc1Cl. The summed E-state index contributed by atoms with van der Waals surface area (Å²) < 4.78 is 0. The van der Waals surface area contributed by atoms with E-state index >= 15 is 0 Å². The molecule has 0 bridgehead atoms. The van der Waals surface area contributed by atoms with E-state index in [0.717, 1.165) is 11.1 Å². The van der Waals surface area contributed by atoms with Crippen molar-refractivity contribution in [1.82, 2.24) is 10.3 Å². The van der Waals surface area contributed by atoms with E-state index in [-0.39, 0.29) is 21.8 Å². The van der Waals surface area contributed by atoms with Gasteiger partial charge in [-0.15, -0.1) is 0 Å². The van der Waals surface area contributed by atoms with Crippen LogP contribution in [0.3, 0.4) is 0 Å². The maximum Gasteiger partial charge on any atom is 0.326 e. The number of para-hydroxylation sites is 1. The lowest BCUT2D eigenvalue weighted by Gasteiger charge is -2.16. The van der Waals surface area contributed by atoms with Gasteiger partial charge in [-0.2, -0.15) is 0 Å². The molecule has 0 radical (unpaired) electrons. The number of aromatic nitrogens is 1. The number of aryl methyl sites for hydroxylation is 2. The highest BCUT2D eigenvalue weighted by molar-refractivity contribution is 6.35. The van der Waals surface area contributed by atoms with Gasteiger partial charge in [0.05, 0.1) is 5.56 Å². The van der Waals surface area contributed by atoms with Gasteiger partial charge in [0, 0.05) is 5.69 Å². The van der Waals surface area contributed by atoms with E-state index in [9.17, 15) is 9.59 Å². The van der Waals surface area contributed by atoms with Crippen molar-refractivity contribution in [2.75, 3.05) is 5.32 Å². The molecule has 3 amide bonds. The zero-order valence-corrected chi connectivity index (χ0v) is 15.9. The summed E-state index contributed by atoms with van der Waals surface area (Å²) >= 11 is 11.8. The molecular weight excluding hydrogens is 361 g/mol. The van der Waals surface area contributed by atoms with Crippen LogP contribution < -0.4 is 10.6 Å². The van der Waals surface area contributed by atoms with E-state index in [4.69, 9.17) is 23.2 Å². The number of imide groups is 1. The Labute approximate surface area is 156 Å². The summed E-state index contributed by atoms with van der Waals surface area (Å²) in [5, 5.41) is 5.17. The first kappa shape index (κ1) is 19.2. The highest BCUT2D eigenvalue weighted by atomic mass is 35.5. The van der Waals surface area contributed by atoms with Crippen molar-refractivity contribution in [3.8, 4) is 0 Å². The third-order valence-corrected chi connectivity index (χ3v) is 4.41. The highest BCUT2D eigenvalue weighted by Crippen LogP contribution is 2.27. The lowest BCUT2D eigenvalue weighted by atomic mass is 9.98. The predicted octanol–water partition coefficient (Wildman–Crippen LogP) is 5.09. The van der Waals surface area contributed by atoms with Gasteiger partial charge >= 0.3 is 6.03 Å². The quantitative estimate of drug-likeness (QED) is 0.729. The number of hydrogen-bond acceptors (Lipinski definition) is 3. The molecule has 1 heterocycles. The number of urea groups is 1. The number of amides is 3. The fourth-order valence-corrected chi connectivity index (χ4v) is 2.79. The largest absolute Gasteiger partial charge is 0.326 e. The Kier molecular flexibility index (Phi) is 6.03. The predicted molar refractivity (Wildman–Crippen MR) is 101 cm³/mol. The average molecular weight is 380 g/mol. The summed E-state index contributed by atoms with van der Waals surface area (Å²) in [7, 11) is 0. The van der Waals surface area contributed by atoms with Crippen molar-refractivity contribution >= 4 is 40.8 Å². The number of benzene rings is 1. The number of nitrogens with zero attached hydrogens (tertiary/aromatic N) is 1. The van der Waals surface area contributed by atoms with Crippen LogP contribution in [-0.4, -0.2) is 16.9 Å². The molecule has 0 atom stereocenters. The number of rotatable bonds is 3.